The fourth-order valence-electron chi connectivity index (χ4n) is 1.37. The molecule has 18 heavy (non-hydrogen) atoms. The molecule has 0 radical (unpaired) electrons. The van der Waals surface area contributed by atoms with E-state index in [-0.39, 0.29) is 6.09 Å². The summed E-state index contributed by atoms with van der Waals surface area (Å²) < 4.78 is 5.07. The molecule has 0 saturated heterocycles. The van der Waals surface area contributed by atoms with Crippen molar-refractivity contribution in [3.8, 4) is 0 Å². The Morgan fingerprint density at radius 3 is 2.89 bits per heavy atom. The molecule has 0 aliphatic rings. The molecule has 1 rings (SSSR count). The third kappa shape index (κ3) is 6.56. The van der Waals surface area contributed by atoms with Crippen molar-refractivity contribution >= 4 is 6.09 Å². The molecular weight excluding hydrogens is 226 g/mol. The second kappa shape index (κ2) is 9.08. The summed E-state index contributed by atoms with van der Waals surface area (Å²) >= 11 is 0. The number of amides is 1. The molecule has 0 aromatic heterocycles. The zero-order valence-corrected chi connectivity index (χ0v) is 10.7. The van der Waals surface area contributed by atoms with E-state index in [0.29, 0.717) is 13.2 Å². The zero-order chi connectivity index (χ0) is 13.1. The molecule has 0 aliphatic carbocycles. The highest BCUT2D eigenvalue weighted by Crippen LogP contribution is 2.00. The van der Waals surface area contributed by atoms with E-state index in [4.69, 9.17) is 4.74 Å². The average molecular weight is 245 g/mol. The molecule has 0 saturated carbocycles. The van der Waals surface area contributed by atoms with Gasteiger partial charge in [0.05, 0.1) is 0 Å². The van der Waals surface area contributed by atoms with Crippen molar-refractivity contribution in [3.05, 3.63) is 53.8 Å². The second-order valence-electron chi connectivity index (χ2n) is 3.79. The van der Waals surface area contributed by atoms with Crippen LogP contribution in [0.2, 0.25) is 0 Å². The summed E-state index contributed by atoms with van der Waals surface area (Å²) in [4.78, 5) is 11.3. The number of carbonyl (C=O) groups is 1. The van der Waals surface area contributed by atoms with Gasteiger partial charge in [-0.25, -0.2) is 4.79 Å². The zero-order valence-electron chi connectivity index (χ0n) is 10.7. The van der Waals surface area contributed by atoms with Crippen LogP contribution in [0.5, 0.6) is 0 Å². The van der Waals surface area contributed by atoms with Gasteiger partial charge in [-0.1, -0.05) is 30.3 Å². The number of hydrogen-bond acceptors (Lipinski definition) is 2. The molecule has 0 unspecified atom stereocenters. The molecule has 0 bridgehead atoms. The summed E-state index contributed by atoms with van der Waals surface area (Å²) in [5.74, 6) is 0. The summed E-state index contributed by atoms with van der Waals surface area (Å²) in [6, 6.07) is 9.63. The maximum absolute atomic E-state index is 11.3. The van der Waals surface area contributed by atoms with Gasteiger partial charge in [0.2, 0.25) is 0 Å². The molecule has 0 atom stereocenters. The summed E-state index contributed by atoms with van der Waals surface area (Å²) in [6.07, 6.45) is 5.25. The van der Waals surface area contributed by atoms with Crippen molar-refractivity contribution in [1.29, 1.82) is 0 Å². The van der Waals surface area contributed by atoms with Crippen molar-refractivity contribution in [2.45, 2.75) is 26.4 Å². The molecule has 3 nitrogen and oxygen atoms in total. The minimum Gasteiger partial charge on any atom is -0.445 e. The highest BCUT2D eigenvalue weighted by Gasteiger charge is 2.00. The van der Waals surface area contributed by atoms with E-state index in [1.807, 2.05) is 49.4 Å². The Morgan fingerprint density at radius 2 is 2.17 bits per heavy atom. The summed E-state index contributed by atoms with van der Waals surface area (Å²) in [5, 5.41) is 2.71. The summed E-state index contributed by atoms with van der Waals surface area (Å²) in [5.41, 5.74) is 3.98. The van der Waals surface area contributed by atoms with Gasteiger partial charge in [0.15, 0.2) is 0 Å². The number of allylic oxidation sites excluding steroid dienone is 1. The third-order valence-electron chi connectivity index (χ3n) is 2.29. The lowest BCUT2D eigenvalue weighted by Crippen LogP contribution is -2.25. The van der Waals surface area contributed by atoms with Crippen LogP contribution in [0.15, 0.2) is 48.2 Å². The van der Waals surface area contributed by atoms with Gasteiger partial charge in [-0.3, -0.25) is 0 Å². The Bertz CT molecular complexity index is 406. The molecule has 0 fully saturated rings. The predicted molar refractivity (Wildman–Crippen MR) is 72.2 cm³/mol. The Kier molecular flexibility index (Phi) is 7.10. The lowest BCUT2D eigenvalue weighted by atomic mass is 10.2. The molecule has 1 amide bonds. The number of benzene rings is 1. The van der Waals surface area contributed by atoms with Crippen molar-refractivity contribution in [2.24, 2.45) is 0 Å². The van der Waals surface area contributed by atoms with Crippen molar-refractivity contribution in [3.63, 3.8) is 0 Å². The predicted octanol–water partition coefficient (Wildman–Crippen LogP) is 3.42. The lowest BCUT2D eigenvalue weighted by molar-refractivity contribution is 0.139. The van der Waals surface area contributed by atoms with Crippen molar-refractivity contribution in [1.82, 2.24) is 5.32 Å². The van der Waals surface area contributed by atoms with E-state index in [1.165, 1.54) is 0 Å². The van der Waals surface area contributed by atoms with E-state index in [2.05, 4.69) is 11.0 Å². The maximum Gasteiger partial charge on any atom is 0.407 e. The topological polar surface area (TPSA) is 38.3 Å². The first-order valence-corrected chi connectivity index (χ1v) is 6.13. The average Bonchev–Trinajstić information content (AvgIpc) is 2.41. The first kappa shape index (κ1) is 14.1. The van der Waals surface area contributed by atoms with Gasteiger partial charge in [0.1, 0.15) is 6.61 Å². The van der Waals surface area contributed by atoms with Gasteiger partial charge < -0.3 is 10.1 Å². The molecule has 0 heterocycles. The third-order valence-corrected chi connectivity index (χ3v) is 2.29. The largest absolute Gasteiger partial charge is 0.445 e. The smallest absolute Gasteiger partial charge is 0.407 e. The second-order valence-corrected chi connectivity index (χ2v) is 3.79. The van der Waals surface area contributed by atoms with E-state index < -0.39 is 0 Å². The molecule has 96 valence electrons. The monoisotopic (exact) mass is 245 g/mol. The fraction of sp³-hybridized carbons (Fsp3) is 0.333. The normalized spacial score (nSPS) is 9.17. The lowest BCUT2D eigenvalue weighted by Gasteiger charge is -2.06. The molecule has 1 N–H and O–H groups in total. The van der Waals surface area contributed by atoms with Crippen LogP contribution in [0.25, 0.3) is 0 Å². The van der Waals surface area contributed by atoms with Gasteiger partial charge in [0, 0.05) is 6.54 Å². The van der Waals surface area contributed by atoms with Crippen LogP contribution in [0.3, 0.4) is 0 Å². The highest BCUT2D eigenvalue weighted by molar-refractivity contribution is 5.67. The number of alkyl carbamates (subject to hydrolysis) is 1. The number of unbranched alkanes of at least 4 members (excludes halogenated alkanes) is 1. The molecular formula is C15H19NO2. The first-order chi connectivity index (χ1) is 8.83. The minimum atomic E-state index is -0.367. The molecule has 0 aliphatic heterocycles. The Labute approximate surface area is 108 Å². The number of ether oxygens (including phenoxy) is 1. The van der Waals surface area contributed by atoms with Crippen LogP contribution in [-0.4, -0.2) is 12.6 Å². The maximum atomic E-state index is 11.3. The number of nitrogens with one attached hydrogen (secondary N) is 1. The quantitative estimate of drug-likeness (QED) is 0.616. The van der Waals surface area contributed by atoms with Gasteiger partial charge >= 0.3 is 6.09 Å². The van der Waals surface area contributed by atoms with E-state index in [0.717, 1.165) is 18.4 Å². The summed E-state index contributed by atoms with van der Waals surface area (Å²) in [7, 11) is 0. The van der Waals surface area contributed by atoms with Crippen LogP contribution in [-0.2, 0) is 11.3 Å². The Morgan fingerprint density at radius 1 is 1.39 bits per heavy atom. The van der Waals surface area contributed by atoms with E-state index in [9.17, 15) is 4.79 Å². The molecule has 1 aromatic carbocycles. The van der Waals surface area contributed by atoms with Crippen LogP contribution in [0.1, 0.15) is 25.3 Å². The Balaban J connectivity index is 2.09. The van der Waals surface area contributed by atoms with Gasteiger partial charge in [-0.05, 0) is 37.5 Å². The molecule has 1 aromatic rings. The first-order valence-electron chi connectivity index (χ1n) is 6.13. The number of rotatable bonds is 6. The van der Waals surface area contributed by atoms with Crippen LogP contribution in [0.4, 0.5) is 4.79 Å². The van der Waals surface area contributed by atoms with Crippen LogP contribution >= 0.6 is 0 Å². The van der Waals surface area contributed by atoms with Crippen molar-refractivity contribution < 1.29 is 9.53 Å². The highest BCUT2D eigenvalue weighted by atomic mass is 16.5. The minimum absolute atomic E-state index is 0.311. The Hall–Kier alpha value is -1.99. The summed E-state index contributed by atoms with van der Waals surface area (Å²) in [6.45, 7) is 2.86. The fourth-order valence-corrected chi connectivity index (χ4v) is 1.37. The molecule has 0 spiro atoms. The SMILES string of the molecule is CC=C=CCCCNC(=O)OCc1ccccc1. The van der Waals surface area contributed by atoms with Crippen LogP contribution < -0.4 is 5.32 Å². The van der Waals surface area contributed by atoms with E-state index in [1.54, 1.807) is 0 Å². The van der Waals surface area contributed by atoms with E-state index >= 15 is 0 Å². The van der Waals surface area contributed by atoms with Gasteiger partial charge in [-0.2, -0.15) is 0 Å². The van der Waals surface area contributed by atoms with Gasteiger partial charge in [-0.15, -0.1) is 5.73 Å². The standard InChI is InChI=1S/C15H19NO2/c1-2-3-4-5-9-12-16-15(17)18-13-14-10-7-6-8-11-14/h2,4,6-8,10-11H,5,9,12-13H2,1H3,(H,16,17). The number of hydrogen-bond donors (Lipinski definition) is 1. The number of carbonyl (C=O) groups excluding carboxylic acids is 1. The van der Waals surface area contributed by atoms with Gasteiger partial charge in [0.25, 0.3) is 0 Å². The molecule has 3 heteroatoms. The van der Waals surface area contributed by atoms with Crippen molar-refractivity contribution in [2.75, 3.05) is 6.54 Å². The van der Waals surface area contributed by atoms with Crippen LogP contribution in [0, 0.1) is 0 Å².